The first-order chi connectivity index (χ1) is 20.2. The summed E-state index contributed by atoms with van der Waals surface area (Å²) in [5.74, 6) is -1.05. The fraction of sp³-hybridized carbons (Fsp3) is 0.345. The molecule has 1 aliphatic heterocycles. The van der Waals surface area contributed by atoms with Crippen LogP contribution in [0.4, 0.5) is 16.3 Å². The Kier molecular flexibility index (Phi) is 9.55. The van der Waals surface area contributed by atoms with E-state index in [1.54, 1.807) is 32.9 Å². The molecule has 1 aromatic carbocycles. The van der Waals surface area contributed by atoms with E-state index in [0.29, 0.717) is 24.4 Å². The summed E-state index contributed by atoms with van der Waals surface area (Å²) in [4.78, 5) is 48.8. The molecule has 3 heterocycles. The van der Waals surface area contributed by atoms with E-state index < -0.39 is 39.4 Å². The van der Waals surface area contributed by atoms with Gasteiger partial charge in [-0.25, -0.2) is 23.2 Å². The Morgan fingerprint density at radius 2 is 1.81 bits per heavy atom. The lowest BCUT2D eigenvalue weighted by molar-refractivity contribution is 0.00761. The number of pyridine rings is 2. The molecule has 0 aliphatic carbocycles. The number of aromatic nitrogens is 2. The molecule has 1 aliphatic rings. The van der Waals surface area contributed by atoms with Gasteiger partial charge in [-0.3, -0.25) is 9.59 Å². The van der Waals surface area contributed by atoms with Gasteiger partial charge in [-0.1, -0.05) is 11.6 Å². The summed E-state index contributed by atoms with van der Waals surface area (Å²) in [6.45, 7) is 5.98. The van der Waals surface area contributed by atoms with Crippen molar-refractivity contribution in [3.8, 4) is 5.75 Å². The summed E-state index contributed by atoms with van der Waals surface area (Å²) in [5.41, 5.74) is -0.627. The van der Waals surface area contributed by atoms with E-state index in [4.69, 9.17) is 21.1 Å². The number of nitrogens with one attached hydrogen (secondary N) is 2. The van der Waals surface area contributed by atoms with Gasteiger partial charge in [0.05, 0.1) is 27.7 Å². The largest absolute Gasteiger partial charge is 0.488 e. The van der Waals surface area contributed by atoms with Crippen molar-refractivity contribution in [2.24, 2.45) is 0 Å². The minimum Gasteiger partial charge on any atom is -0.488 e. The first kappa shape index (κ1) is 31.7. The average molecular weight is 630 g/mol. The van der Waals surface area contributed by atoms with Crippen LogP contribution in [0.25, 0.3) is 0 Å². The third-order valence-corrected chi connectivity index (χ3v) is 7.52. The first-order valence-corrected chi connectivity index (χ1v) is 15.6. The number of carbonyl (C=O) groups is 3. The molecule has 4 rings (SSSR count). The predicted molar refractivity (Wildman–Crippen MR) is 160 cm³/mol. The molecule has 43 heavy (non-hydrogen) atoms. The molecule has 12 nitrogen and oxygen atoms in total. The fourth-order valence-corrected chi connectivity index (χ4v) is 4.97. The summed E-state index contributed by atoms with van der Waals surface area (Å²) < 4.78 is 36.3. The maximum absolute atomic E-state index is 13.5. The molecule has 3 aromatic rings. The lowest BCUT2D eigenvalue weighted by Gasteiger charge is -2.34. The zero-order valence-electron chi connectivity index (χ0n) is 24.1. The number of ether oxygens (including phenoxy) is 2. The van der Waals surface area contributed by atoms with E-state index in [1.165, 1.54) is 47.6 Å². The number of hydrogen-bond acceptors (Lipinski definition) is 9. The topological polar surface area (TPSA) is 157 Å². The van der Waals surface area contributed by atoms with E-state index in [9.17, 15) is 22.8 Å². The fourth-order valence-electron chi connectivity index (χ4n) is 4.23. The van der Waals surface area contributed by atoms with Crippen molar-refractivity contribution in [2.75, 3.05) is 30.0 Å². The second kappa shape index (κ2) is 13.0. The Morgan fingerprint density at radius 3 is 2.49 bits per heavy atom. The van der Waals surface area contributed by atoms with Crippen molar-refractivity contribution in [3.05, 3.63) is 71.1 Å². The van der Waals surface area contributed by atoms with E-state index in [1.807, 2.05) is 0 Å². The van der Waals surface area contributed by atoms with E-state index in [-0.39, 0.29) is 40.0 Å². The van der Waals surface area contributed by atoms with Crippen LogP contribution in [0.5, 0.6) is 5.75 Å². The van der Waals surface area contributed by atoms with Crippen molar-refractivity contribution in [2.45, 2.75) is 50.2 Å². The Labute approximate surface area is 254 Å². The number of anilines is 2. The van der Waals surface area contributed by atoms with Gasteiger partial charge in [-0.15, -0.1) is 0 Å². The van der Waals surface area contributed by atoms with E-state index >= 15 is 0 Å². The molecule has 0 saturated carbocycles. The molecule has 1 atom stereocenters. The van der Waals surface area contributed by atoms with Crippen LogP contribution in [-0.2, 0) is 14.6 Å². The number of likely N-dealkylation sites (tertiary alicyclic amines) is 1. The highest BCUT2D eigenvalue weighted by molar-refractivity contribution is 7.90. The van der Waals surface area contributed by atoms with Crippen molar-refractivity contribution in [1.29, 1.82) is 0 Å². The van der Waals surface area contributed by atoms with Crippen LogP contribution >= 0.6 is 11.6 Å². The standard InChI is InChI=1S/C29H32ClN5O7S/c1-29(2,3)42-28(38)35-14-6-7-19(17-35)41-23-15-20(43(4,39)40)10-11-21(23)26(36)33-22-8-5-13-31-25(22)27(37)34-24-12-9-18(30)16-32-24/h5,8-13,15-16,19H,6-7,14,17H2,1-4H3,(H,33,36)(H,32,34,37). The third-order valence-electron chi connectivity index (χ3n) is 6.19. The summed E-state index contributed by atoms with van der Waals surface area (Å²) in [5, 5.41) is 5.67. The molecular formula is C29H32ClN5O7S. The molecule has 228 valence electrons. The monoisotopic (exact) mass is 629 g/mol. The van der Waals surface area contributed by atoms with Crippen LogP contribution in [0.3, 0.4) is 0 Å². The van der Waals surface area contributed by atoms with Crippen molar-refractivity contribution < 1.29 is 32.3 Å². The Bertz CT molecular complexity index is 1620. The van der Waals surface area contributed by atoms with Gasteiger partial charge >= 0.3 is 6.09 Å². The van der Waals surface area contributed by atoms with E-state index in [0.717, 1.165) is 6.26 Å². The zero-order valence-corrected chi connectivity index (χ0v) is 25.7. The molecule has 0 radical (unpaired) electrons. The Morgan fingerprint density at radius 1 is 1.05 bits per heavy atom. The van der Waals surface area contributed by atoms with Crippen LogP contribution in [0.2, 0.25) is 5.02 Å². The van der Waals surface area contributed by atoms with Gasteiger partial charge < -0.3 is 25.0 Å². The van der Waals surface area contributed by atoms with Gasteiger partial charge in [0.2, 0.25) is 0 Å². The molecule has 1 saturated heterocycles. The summed E-state index contributed by atoms with van der Waals surface area (Å²) in [6.07, 6.45) is 3.98. The highest BCUT2D eigenvalue weighted by Gasteiger charge is 2.30. The van der Waals surface area contributed by atoms with Crippen molar-refractivity contribution in [1.82, 2.24) is 14.9 Å². The van der Waals surface area contributed by atoms with Crippen LogP contribution in [0.15, 0.2) is 59.8 Å². The Balaban J connectivity index is 1.57. The van der Waals surface area contributed by atoms with Gasteiger partial charge in [-0.05, 0) is 76.1 Å². The number of carbonyl (C=O) groups excluding carboxylic acids is 3. The molecule has 2 N–H and O–H groups in total. The van der Waals surface area contributed by atoms with Crippen LogP contribution in [0, 0.1) is 0 Å². The average Bonchev–Trinajstić information content (AvgIpc) is 2.93. The number of nitrogens with zero attached hydrogens (tertiary/aromatic N) is 3. The summed E-state index contributed by atoms with van der Waals surface area (Å²) in [7, 11) is -3.64. The van der Waals surface area contributed by atoms with Crippen molar-refractivity contribution in [3.63, 3.8) is 0 Å². The number of piperidine rings is 1. The predicted octanol–water partition coefficient (Wildman–Crippen LogP) is 4.82. The molecule has 0 spiro atoms. The number of rotatable bonds is 7. The minimum atomic E-state index is -3.64. The van der Waals surface area contributed by atoms with Crippen molar-refractivity contribution >= 4 is 50.9 Å². The summed E-state index contributed by atoms with van der Waals surface area (Å²) >= 11 is 5.86. The maximum Gasteiger partial charge on any atom is 0.410 e. The minimum absolute atomic E-state index is 0.0109. The molecule has 1 fully saturated rings. The van der Waals surface area contributed by atoms with Gasteiger partial charge in [0.25, 0.3) is 11.8 Å². The first-order valence-electron chi connectivity index (χ1n) is 13.4. The molecular weight excluding hydrogens is 598 g/mol. The number of halogens is 1. The molecule has 3 amide bonds. The van der Waals surface area contributed by atoms with Crippen LogP contribution in [-0.4, -0.2) is 72.2 Å². The second-order valence-corrected chi connectivity index (χ2v) is 13.4. The SMILES string of the molecule is CC(C)(C)OC(=O)N1CCCC(Oc2cc(S(C)(=O)=O)ccc2C(=O)Nc2cccnc2C(=O)Nc2ccc(Cl)cn2)C1. The maximum atomic E-state index is 13.5. The van der Waals surface area contributed by atoms with Gasteiger partial charge in [0.1, 0.15) is 23.3 Å². The van der Waals surface area contributed by atoms with E-state index in [2.05, 4.69) is 20.6 Å². The lowest BCUT2D eigenvalue weighted by Crippen LogP contribution is -2.46. The lowest BCUT2D eigenvalue weighted by atomic mass is 10.1. The van der Waals surface area contributed by atoms with Crippen LogP contribution in [0.1, 0.15) is 54.5 Å². The van der Waals surface area contributed by atoms with Gasteiger partial charge in [0.15, 0.2) is 15.5 Å². The van der Waals surface area contributed by atoms with Crippen LogP contribution < -0.4 is 15.4 Å². The molecule has 0 bridgehead atoms. The third kappa shape index (κ3) is 8.64. The summed E-state index contributed by atoms with van der Waals surface area (Å²) in [6, 6.07) is 10.0. The molecule has 1 unspecified atom stereocenters. The highest BCUT2D eigenvalue weighted by atomic mass is 35.5. The molecule has 2 aromatic heterocycles. The zero-order chi connectivity index (χ0) is 31.4. The smallest absolute Gasteiger partial charge is 0.410 e. The Hall–Kier alpha value is -4.23. The quantitative estimate of drug-likeness (QED) is 0.374. The molecule has 14 heteroatoms. The second-order valence-electron chi connectivity index (χ2n) is 10.9. The van der Waals surface area contributed by atoms with Gasteiger partial charge in [0, 0.05) is 25.2 Å². The number of amides is 3. The normalized spacial score (nSPS) is 15.4. The number of benzene rings is 1. The number of hydrogen-bond donors (Lipinski definition) is 2. The van der Waals surface area contributed by atoms with Gasteiger partial charge in [-0.2, -0.15) is 0 Å². The number of sulfone groups is 1. The highest BCUT2D eigenvalue weighted by Crippen LogP contribution is 2.28.